The van der Waals surface area contributed by atoms with E-state index >= 15 is 0 Å². The first kappa shape index (κ1) is 16.4. The zero-order valence-corrected chi connectivity index (χ0v) is 13.8. The first-order valence-electron chi connectivity index (χ1n) is 7.37. The summed E-state index contributed by atoms with van der Waals surface area (Å²) in [4.78, 5) is 2.59. The van der Waals surface area contributed by atoms with Crippen molar-refractivity contribution >= 4 is 10.0 Å². The quantitative estimate of drug-likeness (QED) is 0.897. The van der Waals surface area contributed by atoms with E-state index in [0.29, 0.717) is 24.5 Å². The summed E-state index contributed by atoms with van der Waals surface area (Å²) in [6.45, 7) is 5.76. The van der Waals surface area contributed by atoms with Crippen LogP contribution in [0, 0.1) is 0 Å². The Bertz CT molecular complexity index is 559. The minimum atomic E-state index is -3.41. The highest BCUT2D eigenvalue weighted by molar-refractivity contribution is 7.89. The Balaban J connectivity index is 2.21. The minimum absolute atomic E-state index is 0.222. The molecule has 0 spiro atoms. The van der Waals surface area contributed by atoms with E-state index in [4.69, 9.17) is 5.73 Å². The van der Waals surface area contributed by atoms with E-state index in [9.17, 15) is 8.42 Å². The molecule has 0 saturated carbocycles. The van der Waals surface area contributed by atoms with Crippen molar-refractivity contribution in [2.24, 2.45) is 5.73 Å². The highest BCUT2D eigenvalue weighted by Crippen LogP contribution is 2.22. The van der Waals surface area contributed by atoms with Crippen molar-refractivity contribution in [3.63, 3.8) is 0 Å². The van der Waals surface area contributed by atoms with Crippen LogP contribution in [0.3, 0.4) is 0 Å². The average molecular weight is 311 g/mol. The Morgan fingerprint density at radius 3 is 2.14 bits per heavy atom. The zero-order valence-electron chi connectivity index (χ0n) is 13.0. The number of hydrogen-bond donors (Lipinski definition) is 1. The molecule has 0 aromatic heterocycles. The second-order valence-electron chi connectivity index (χ2n) is 5.87. The zero-order chi connectivity index (χ0) is 15.6. The van der Waals surface area contributed by atoms with Gasteiger partial charge >= 0.3 is 0 Å². The number of sulfonamides is 1. The molecule has 6 heteroatoms. The van der Waals surface area contributed by atoms with Crippen molar-refractivity contribution in [1.82, 2.24) is 9.21 Å². The van der Waals surface area contributed by atoms with Crippen LogP contribution in [-0.4, -0.2) is 56.4 Å². The number of rotatable bonds is 4. The Kier molecular flexibility index (Phi) is 5.03. The lowest BCUT2D eigenvalue weighted by Gasteiger charge is -2.41. The molecule has 1 aliphatic heterocycles. The topological polar surface area (TPSA) is 66.6 Å². The smallest absolute Gasteiger partial charge is 0.243 e. The van der Waals surface area contributed by atoms with Gasteiger partial charge in [0.1, 0.15) is 0 Å². The third kappa shape index (κ3) is 3.45. The van der Waals surface area contributed by atoms with E-state index in [1.54, 1.807) is 16.4 Å². The summed E-state index contributed by atoms with van der Waals surface area (Å²) in [6.07, 6.45) is 0.767. The van der Waals surface area contributed by atoms with Gasteiger partial charge in [0.05, 0.1) is 4.90 Å². The third-order valence-electron chi connectivity index (χ3n) is 4.32. The summed E-state index contributed by atoms with van der Waals surface area (Å²) in [5.74, 6) is 0. The molecule has 2 rings (SSSR count). The van der Waals surface area contributed by atoms with Crippen molar-refractivity contribution in [3.05, 3.63) is 29.8 Å². The molecule has 2 atom stereocenters. The molecule has 0 radical (unpaired) electrons. The summed E-state index contributed by atoms with van der Waals surface area (Å²) in [6, 6.07) is 7.52. The summed E-state index contributed by atoms with van der Waals surface area (Å²) in [5.41, 5.74) is 6.58. The van der Waals surface area contributed by atoms with E-state index in [2.05, 4.69) is 18.7 Å². The van der Waals surface area contributed by atoms with Gasteiger partial charge < -0.3 is 5.73 Å². The van der Waals surface area contributed by atoms with Crippen LogP contribution in [0.25, 0.3) is 0 Å². The molecule has 21 heavy (non-hydrogen) atoms. The second-order valence-corrected chi connectivity index (χ2v) is 7.81. The van der Waals surface area contributed by atoms with E-state index in [-0.39, 0.29) is 12.1 Å². The van der Waals surface area contributed by atoms with E-state index < -0.39 is 10.0 Å². The van der Waals surface area contributed by atoms with Crippen molar-refractivity contribution in [2.75, 3.05) is 26.7 Å². The molecule has 118 valence electrons. The average Bonchev–Trinajstić information content (AvgIpc) is 2.45. The standard InChI is InChI=1S/C15H25N3O2S/c1-12-10-18(11-13(2)17(12)3)21(19,20)15-6-4-14(5-7-15)8-9-16/h4-7,12-13H,8-11,16H2,1-3H3. The molecule has 1 aliphatic rings. The Morgan fingerprint density at radius 1 is 1.14 bits per heavy atom. The monoisotopic (exact) mass is 311 g/mol. The lowest BCUT2D eigenvalue weighted by atomic mass is 10.1. The van der Waals surface area contributed by atoms with Gasteiger partial charge in [0.25, 0.3) is 0 Å². The van der Waals surface area contributed by atoms with Crippen molar-refractivity contribution in [3.8, 4) is 0 Å². The molecule has 0 bridgehead atoms. The Morgan fingerprint density at radius 2 is 1.67 bits per heavy atom. The van der Waals surface area contributed by atoms with Gasteiger partial charge in [-0.2, -0.15) is 4.31 Å². The summed E-state index contributed by atoms with van der Waals surface area (Å²) >= 11 is 0. The van der Waals surface area contributed by atoms with Crippen LogP contribution in [0.2, 0.25) is 0 Å². The molecule has 1 saturated heterocycles. The Labute approximate surface area is 127 Å². The highest BCUT2D eigenvalue weighted by atomic mass is 32.2. The molecular weight excluding hydrogens is 286 g/mol. The summed E-state index contributed by atoms with van der Waals surface area (Å²) in [5, 5.41) is 0. The molecule has 0 amide bonds. The molecule has 2 N–H and O–H groups in total. The Hall–Kier alpha value is -0.950. The van der Waals surface area contributed by atoms with Crippen LogP contribution < -0.4 is 5.73 Å². The maximum atomic E-state index is 12.7. The fourth-order valence-electron chi connectivity index (χ4n) is 2.70. The molecule has 2 unspecified atom stereocenters. The highest BCUT2D eigenvalue weighted by Gasteiger charge is 2.34. The van der Waals surface area contributed by atoms with Gasteiger partial charge in [-0.3, -0.25) is 4.90 Å². The number of likely N-dealkylation sites (N-methyl/N-ethyl adjacent to an activating group) is 1. The predicted octanol–water partition coefficient (Wildman–Crippen LogP) is 0.901. The van der Waals surface area contributed by atoms with Crippen LogP contribution >= 0.6 is 0 Å². The molecule has 1 heterocycles. The van der Waals surface area contributed by atoms with Crippen molar-refractivity contribution in [1.29, 1.82) is 0 Å². The maximum Gasteiger partial charge on any atom is 0.243 e. The minimum Gasteiger partial charge on any atom is -0.330 e. The molecule has 0 aliphatic carbocycles. The fourth-order valence-corrected chi connectivity index (χ4v) is 4.30. The van der Waals surface area contributed by atoms with Gasteiger partial charge in [-0.1, -0.05) is 12.1 Å². The lowest BCUT2D eigenvalue weighted by Crippen LogP contribution is -2.56. The van der Waals surface area contributed by atoms with Crippen LogP contribution in [-0.2, 0) is 16.4 Å². The van der Waals surface area contributed by atoms with Gasteiger partial charge in [-0.15, -0.1) is 0 Å². The maximum absolute atomic E-state index is 12.7. The second kappa shape index (κ2) is 6.44. The molecule has 1 aromatic carbocycles. The van der Waals surface area contributed by atoms with Crippen LogP contribution in [0.15, 0.2) is 29.2 Å². The molecular formula is C15H25N3O2S. The van der Waals surface area contributed by atoms with Crippen molar-refractivity contribution < 1.29 is 8.42 Å². The number of nitrogens with two attached hydrogens (primary N) is 1. The largest absolute Gasteiger partial charge is 0.330 e. The van der Waals surface area contributed by atoms with Crippen LogP contribution in [0.5, 0.6) is 0 Å². The fraction of sp³-hybridized carbons (Fsp3) is 0.600. The summed E-state index contributed by atoms with van der Waals surface area (Å²) < 4.78 is 27.1. The van der Waals surface area contributed by atoms with E-state index in [1.807, 2.05) is 19.2 Å². The van der Waals surface area contributed by atoms with Gasteiger partial charge in [-0.25, -0.2) is 8.42 Å². The van der Waals surface area contributed by atoms with Crippen molar-refractivity contribution in [2.45, 2.75) is 37.2 Å². The van der Waals surface area contributed by atoms with Gasteiger partial charge in [0.2, 0.25) is 10.0 Å². The number of hydrogen-bond acceptors (Lipinski definition) is 4. The number of benzene rings is 1. The van der Waals surface area contributed by atoms with Gasteiger partial charge in [-0.05, 0) is 51.6 Å². The molecule has 1 aromatic rings. The SMILES string of the molecule is CC1CN(S(=O)(=O)c2ccc(CCN)cc2)CC(C)N1C. The van der Waals surface area contributed by atoms with Crippen LogP contribution in [0.1, 0.15) is 19.4 Å². The third-order valence-corrected chi connectivity index (χ3v) is 6.17. The first-order valence-corrected chi connectivity index (χ1v) is 8.81. The van der Waals surface area contributed by atoms with Gasteiger partial charge in [0.15, 0.2) is 0 Å². The first-order chi connectivity index (χ1) is 9.86. The van der Waals surface area contributed by atoms with Gasteiger partial charge in [0, 0.05) is 25.2 Å². The number of nitrogens with zero attached hydrogens (tertiary/aromatic N) is 2. The van der Waals surface area contributed by atoms with Crippen LogP contribution in [0.4, 0.5) is 0 Å². The predicted molar refractivity (Wildman–Crippen MR) is 84.6 cm³/mol. The van der Waals surface area contributed by atoms with E-state index in [0.717, 1.165) is 12.0 Å². The van der Waals surface area contributed by atoms with E-state index in [1.165, 1.54) is 0 Å². The number of piperazine rings is 1. The normalized spacial score (nSPS) is 25.1. The summed E-state index contributed by atoms with van der Waals surface area (Å²) in [7, 11) is -1.37. The molecule has 1 fully saturated rings. The lowest BCUT2D eigenvalue weighted by molar-refractivity contribution is 0.105. The molecule has 5 nitrogen and oxygen atoms in total.